The van der Waals surface area contributed by atoms with Gasteiger partial charge >= 0.3 is 5.97 Å². The number of carboxylic acids is 1. The maximum absolute atomic E-state index is 12.1. The largest absolute Gasteiger partial charge is 0.478 e. The molecule has 0 radical (unpaired) electrons. The molecule has 20 heavy (non-hydrogen) atoms. The summed E-state index contributed by atoms with van der Waals surface area (Å²) in [5.41, 5.74) is 0.799. The van der Waals surface area contributed by atoms with Crippen LogP contribution in [0.2, 0.25) is 0 Å². The van der Waals surface area contributed by atoms with E-state index in [9.17, 15) is 18.0 Å². The second-order valence-electron chi connectivity index (χ2n) is 4.24. The van der Waals surface area contributed by atoms with Gasteiger partial charge in [0.1, 0.15) is 0 Å². The summed E-state index contributed by atoms with van der Waals surface area (Å²) in [5, 5.41) is 11.3. The first-order chi connectivity index (χ1) is 9.19. The lowest BCUT2D eigenvalue weighted by molar-refractivity contribution is -0.119. The molecule has 0 spiro atoms. The summed E-state index contributed by atoms with van der Waals surface area (Å²) in [6, 6.07) is 2.58. The third-order valence-electron chi connectivity index (χ3n) is 2.74. The van der Waals surface area contributed by atoms with Crippen LogP contribution in [0.4, 0.5) is 0 Å². The highest BCUT2D eigenvalue weighted by atomic mass is 32.2. The molecule has 0 aliphatic carbocycles. The minimum Gasteiger partial charge on any atom is -0.478 e. The molecule has 1 amide bonds. The van der Waals surface area contributed by atoms with Gasteiger partial charge in [0.2, 0.25) is 15.9 Å². The number of sulfonamides is 1. The summed E-state index contributed by atoms with van der Waals surface area (Å²) in [7, 11) is -2.56. The highest BCUT2D eigenvalue weighted by Gasteiger charge is 2.21. The number of likely N-dealkylation sites (N-methyl/N-ethyl adjacent to an activating group) is 1. The molecule has 0 fully saturated rings. The molecule has 0 saturated heterocycles. The number of benzene rings is 1. The first-order valence-corrected chi connectivity index (χ1v) is 7.22. The van der Waals surface area contributed by atoms with Gasteiger partial charge in [0.05, 0.1) is 17.0 Å². The van der Waals surface area contributed by atoms with E-state index >= 15 is 0 Å². The fourth-order valence-corrected chi connectivity index (χ4v) is 2.91. The minimum absolute atomic E-state index is 0.0871. The standard InChI is InChI=1S/C12H16N2O5S/c1-7-4-8(2)10(5-9(7)12(16)17)20(18,19)14-6-11(15)13-3/h4-5,14H,6H2,1-3H3,(H,13,15)(H,16,17). The molecule has 0 aliphatic rings. The molecule has 8 heteroatoms. The fraction of sp³-hybridized carbons (Fsp3) is 0.333. The Kier molecular flexibility index (Phi) is 4.85. The van der Waals surface area contributed by atoms with E-state index in [1.54, 1.807) is 13.8 Å². The van der Waals surface area contributed by atoms with Gasteiger partial charge in [-0.1, -0.05) is 6.07 Å². The van der Waals surface area contributed by atoms with Crippen LogP contribution in [0.5, 0.6) is 0 Å². The Morgan fingerprint density at radius 1 is 1.20 bits per heavy atom. The third-order valence-corrected chi connectivity index (χ3v) is 4.29. The van der Waals surface area contributed by atoms with Crippen molar-refractivity contribution in [2.45, 2.75) is 18.7 Å². The number of carboxylic acid groups (broad SMARTS) is 1. The molecule has 0 heterocycles. The van der Waals surface area contributed by atoms with Crippen molar-refractivity contribution in [2.75, 3.05) is 13.6 Å². The predicted molar refractivity (Wildman–Crippen MR) is 72.1 cm³/mol. The number of rotatable bonds is 5. The van der Waals surface area contributed by atoms with Crippen molar-refractivity contribution in [3.05, 3.63) is 28.8 Å². The Morgan fingerprint density at radius 3 is 2.30 bits per heavy atom. The highest BCUT2D eigenvalue weighted by molar-refractivity contribution is 7.89. The van der Waals surface area contributed by atoms with E-state index in [0.29, 0.717) is 11.1 Å². The van der Waals surface area contributed by atoms with Crippen LogP contribution in [-0.4, -0.2) is 39.0 Å². The van der Waals surface area contributed by atoms with Gasteiger partial charge in [-0.3, -0.25) is 4.79 Å². The average Bonchev–Trinajstić information content (AvgIpc) is 2.35. The number of amides is 1. The Hall–Kier alpha value is -1.93. The second kappa shape index (κ2) is 6.02. The number of nitrogens with one attached hydrogen (secondary N) is 2. The van der Waals surface area contributed by atoms with Crippen molar-refractivity contribution in [1.29, 1.82) is 0 Å². The Balaban J connectivity index is 3.21. The van der Waals surface area contributed by atoms with Gasteiger partial charge in [0.15, 0.2) is 0 Å². The van der Waals surface area contributed by atoms with E-state index in [1.165, 1.54) is 13.1 Å². The van der Waals surface area contributed by atoms with Crippen molar-refractivity contribution < 1.29 is 23.1 Å². The zero-order valence-corrected chi connectivity index (χ0v) is 12.2. The highest BCUT2D eigenvalue weighted by Crippen LogP contribution is 2.20. The van der Waals surface area contributed by atoms with Crippen molar-refractivity contribution in [3.8, 4) is 0 Å². The van der Waals surface area contributed by atoms with Gasteiger partial charge < -0.3 is 10.4 Å². The van der Waals surface area contributed by atoms with Crippen LogP contribution in [0, 0.1) is 13.8 Å². The number of carbonyl (C=O) groups excluding carboxylic acids is 1. The van der Waals surface area contributed by atoms with Gasteiger partial charge in [0, 0.05) is 7.05 Å². The molecule has 0 bridgehead atoms. The smallest absolute Gasteiger partial charge is 0.335 e. The van der Waals surface area contributed by atoms with Crippen molar-refractivity contribution >= 4 is 21.9 Å². The molecule has 3 N–H and O–H groups in total. The first kappa shape index (κ1) is 16.1. The molecule has 110 valence electrons. The third kappa shape index (κ3) is 3.55. The molecule has 0 unspecified atom stereocenters. The SMILES string of the molecule is CNC(=O)CNS(=O)(=O)c1cc(C(=O)O)c(C)cc1C. The minimum atomic E-state index is -3.94. The zero-order chi connectivity index (χ0) is 15.5. The molecule has 1 aromatic rings. The monoisotopic (exact) mass is 300 g/mol. The zero-order valence-electron chi connectivity index (χ0n) is 11.4. The number of carbonyl (C=O) groups is 2. The van der Waals surface area contributed by atoms with E-state index in [2.05, 4.69) is 10.0 Å². The van der Waals surface area contributed by atoms with Gasteiger partial charge in [-0.25, -0.2) is 17.9 Å². The molecule has 0 aromatic heterocycles. The summed E-state index contributed by atoms with van der Waals surface area (Å²) in [6.45, 7) is 2.74. The fourth-order valence-electron chi connectivity index (χ4n) is 1.68. The quantitative estimate of drug-likeness (QED) is 0.710. The van der Waals surface area contributed by atoms with Crippen molar-refractivity contribution in [3.63, 3.8) is 0 Å². The van der Waals surface area contributed by atoms with Crippen LogP contribution in [-0.2, 0) is 14.8 Å². The van der Waals surface area contributed by atoms with Crippen molar-refractivity contribution in [1.82, 2.24) is 10.0 Å². The summed E-state index contributed by atoms with van der Waals surface area (Å²) >= 11 is 0. The van der Waals surface area contributed by atoms with Crippen LogP contribution in [0.15, 0.2) is 17.0 Å². The average molecular weight is 300 g/mol. The van der Waals surface area contributed by atoms with Crippen LogP contribution >= 0.6 is 0 Å². The van der Waals surface area contributed by atoms with E-state index in [1.807, 2.05) is 0 Å². The van der Waals surface area contributed by atoms with Gasteiger partial charge in [0.25, 0.3) is 0 Å². The van der Waals surface area contributed by atoms with Crippen LogP contribution in [0.1, 0.15) is 21.5 Å². The predicted octanol–water partition coefficient (Wildman–Crippen LogP) is 0.0259. The first-order valence-electron chi connectivity index (χ1n) is 5.74. The van der Waals surface area contributed by atoms with Crippen LogP contribution < -0.4 is 10.0 Å². The van der Waals surface area contributed by atoms with E-state index in [-0.39, 0.29) is 10.5 Å². The van der Waals surface area contributed by atoms with E-state index in [0.717, 1.165) is 6.07 Å². The lowest BCUT2D eigenvalue weighted by Gasteiger charge is -2.11. The summed E-state index contributed by atoms with van der Waals surface area (Å²) in [6.07, 6.45) is 0. The summed E-state index contributed by atoms with van der Waals surface area (Å²) in [5.74, 6) is -1.69. The number of aryl methyl sites for hydroxylation is 2. The van der Waals surface area contributed by atoms with Gasteiger partial charge in [-0.15, -0.1) is 0 Å². The number of hydrogen-bond donors (Lipinski definition) is 3. The number of aromatic carboxylic acids is 1. The normalized spacial score (nSPS) is 11.2. The Morgan fingerprint density at radius 2 is 1.80 bits per heavy atom. The summed E-state index contributed by atoms with van der Waals surface area (Å²) in [4.78, 5) is 22.0. The van der Waals surface area contributed by atoms with E-state index in [4.69, 9.17) is 5.11 Å². The Bertz CT molecular complexity index is 652. The molecule has 1 aromatic carbocycles. The molecular weight excluding hydrogens is 284 g/mol. The molecule has 1 rings (SSSR count). The van der Waals surface area contributed by atoms with Gasteiger partial charge in [-0.2, -0.15) is 0 Å². The van der Waals surface area contributed by atoms with Gasteiger partial charge in [-0.05, 0) is 31.0 Å². The maximum Gasteiger partial charge on any atom is 0.335 e. The second-order valence-corrected chi connectivity index (χ2v) is 5.97. The van der Waals surface area contributed by atoms with Crippen LogP contribution in [0.25, 0.3) is 0 Å². The molecule has 0 saturated carbocycles. The number of hydrogen-bond acceptors (Lipinski definition) is 4. The Labute approximate surface area is 117 Å². The molecular formula is C12H16N2O5S. The van der Waals surface area contributed by atoms with E-state index < -0.39 is 28.4 Å². The topological polar surface area (TPSA) is 113 Å². The lowest BCUT2D eigenvalue weighted by atomic mass is 10.1. The molecule has 0 aliphatic heterocycles. The van der Waals surface area contributed by atoms with Crippen molar-refractivity contribution in [2.24, 2.45) is 0 Å². The maximum atomic E-state index is 12.1. The molecule has 0 atom stereocenters. The lowest BCUT2D eigenvalue weighted by Crippen LogP contribution is -2.35. The molecule has 7 nitrogen and oxygen atoms in total. The van der Waals surface area contributed by atoms with Crippen LogP contribution in [0.3, 0.4) is 0 Å². The summed E-state index contributed by atoms with van der Waals surface area (Å²) < 4.78 is 26.3.